The van der Waals surface area contributed by atoms with E-state index < -0.39 is 6.10 Å². The number of hydrogen-bond acceptors (Lipinski definition) is 3. The van der Waals surface area contributed by atoms with Crippen LogP contribution in [0, 0.1) is 5.82 Å². The third-order valence-electron chi connectivity index (χ3n) is 4.19. The van der Waals surface area contributed by atoms with Gasteiger partial charge in [-0.25, -0.2) is 4.39 Å². The molecule has 0 amide bonds. The summed E-state index contributed by atoms with van der Waals surface area (Å²) in [6, 6.07) is 6.42. The molecule has 3 aromatic rings. The number of nitrogens with zero attached hydrogens (tertiary/aromatic N) is 3. The first-order valence-electron chi connectivity index (χ1n) is 8.12. The summed E-state index contributed by atoms with van der Waals surface area (Å²) in [4.78, 5) is 4.22. The molecule has 0 aliphatic carbocycles. The van der Waals surface area contributed by atoms with Crippen LogP contribution in [0.5, 0.6) is 0 Å². The molecule has 0 bridgehead atoms. The van der Waals surface area contributed by atoms with Gasteiger partial charge in [0, 0.05) is 36.5 Å². The van der Waals surface area contributed by atoms with Crippen molar-refractivity contribution in [2.45, 2.75) is 32.9 Å². The number of halogens is 2. The van der Waals surface area contributed by atoms with Crippen LogP contribution in [-0.2, 0) is 13.0 Å². The fourth-order valence-electron chi connectivity index (χ4n) is 2.90. The lowest BCUT2D eigenvalue weighted by Gasteiger charge is -2.15. The Balaban J connectivity index is 2.06. The van der Waals surface area contributed by atoms with Crippen LogP contribution < -0.4 is 0 Å². The van der Waals surface area contributed by atoms with E-state index in [2.05, 4.69) is 26.0 Å². The lowest BCUT2D eigenvalue weighted by atomic mass is 9.92. The largest absolute Gasteiger partial charge is 0.389 e. The van der Waals surface area contributed by atoms with Gasteiger partial charge >= 0.3 is 0 Å². The number of rotatable bonds is 5. The predicted octanol–water partition coefficient (Wildman–Crippen LogP) is 4.51. The summed E-state index contributed by atoms with van der Waals surface area (Å²) in [7, 11) is 0. The Morgan fingerprint density at radius 1 is 1.20 bits per heavy atom. The predicted molar refractivity (Wildman–Crippen MR) is 98.7 cm³/mol. The van der Waals surface area contributed by atoms with E-state index in [1.807, 2.05) is 23.9 Å². The van der Waals surface area contributed by atoms with Gasteiger partial charge in [-0.2, -0.15) is 5.10 Å². The highest BCUT2D eigenvalue weighted by molar-refractivity contribution is 9.10. The molecule has 130 valence electrons. The van der Waals surface area contributed by atoms with Gasteiger partial charge in [-0.05, 0) is 64.7 Å². The molecule has 0 fully saturated rings. The second kappa shape index (κ2) is 7.45. The van der Waals surface area contributed by atoms with Crippen molar-refractivity contribution in [2.75, 3.05) is 0 Å². The molecule has 6 heteroatoms. The Labute approximate surface area is 154 Å². The summed E-state index contributed by atoms with van der Waals surface area (Å²) in [6.07, 6.45) is 5.23. The van der Waals surface area contributed by atoms with E-state index in [4.69, 9.17) is 0 Å². The van der Waals surface area contributed by atoms with Gasteiger partial charge in [0.15, 0.2) is 0 Å². The van der Waals surface area contributed by atoms with E-state index >= 15 is 0 Å². The Morgan fingerprint density at radius 2 is 2.00 bits per heavy atom. The maximum atomic E-state index is 13.6. The number of hydrogen-bond donors (Lipinski definition) is 1. The molecule has 0 saturated carbocycles. The van der Waals surface area contributed by atoms with Gasteiger partial charge in [0.25, 0.3) is 0 Å². The van der Waals surface area contributed by atoms with Crippen LogP contribution in [0.4, 0.5) is 4.39 Å². The van der Waals surface area contributed by atoms with Gasteiger partial charge in [-0.3, -0.25) is 9.67 Å². The molecule has 1 N–H and O–H groups in total. The molecule has 1 unspecified atom stereocenters. The molecule has 4 nitrogen and oxygen atoms in total. The van der Waals surface area contributed by atoms with E-state index in [-0.39, 0.29) is 5.82 Å². The number of pyridine rings is 1. The normalized spacial score (nSPS) is 12.4. The van der Waals surface area contributed by atoms with E-state index in [9.17, 15) is 9.50 Å². The first-order valence-corrected chi connectivity index (χ1v) is 8.91. The Hall–Kier alpha value is -2.05. The zero-order valence-electron chi connectivity index (χ0n) is 14.1. The van der Waals surface area contributed by atoms with Gasteiger partial charge in [-0.1, -0.05) is 6.07 Å². The van der Waals surface area contributed by atoms with Crippen LogP contribution in [0.2, 0.25) is 0 Å². The highest BCUT2D eigenvalue weighted by Gasteiger charge is 2.16. The number of aryl methyl sites for hydroxylation is 1. The first kappa shape index (κ1) is 17.8. The van der Waals surface area contributed by atoms with Crippen LogP contribution in [0.1, 0.15) is 36.6 Å². The SMILES string of the molecule is CCn1ncc(Cc2ccncc2-c2ccc(F)cc2C(C)O)c1Br. The van der Waals surface area contributed by atoms with Crippen molar-refractivity contribution in [3.8, 4) is 11.1 Å². The van der Waals surface area contributed by atoms with Crippen LogP contribution in [0.25, 0.3) is 11.1 Å². The average molecular weight is 404 g/mol. The highest BCUT2D eigenvalue weighted by Crippen LogP contribution is 2.32. The maximum Gasteiger partial charge on any atom is 0.123 e. The average Bonchev–Trinajstić information content (AvgIpc) is 2.95. The summed E-state index contributed by atoms with van der Waals surface area (Å²) >= 11 is 3.59. The fraction of sp³-hybridized carbons (Fsp3) is 0.263. The van der Waals surface area contributed by atoms with Gasteiger partial charge in [0.05, 0.1) is 12.3 Å². The third kappa shape index (κ3) is 3.65. The quantitative estimate of drug-likeness (QED) is 0.681. The van der Waals surface area contributed by atoms with E-state index in [0.717, 1.165) is 33.4 Å². The molecule has 2 aromatic heterocycles. The monoisotopic (exact) mass is 403 g/mol. The van der Waals surface area contributed by atoms with Crippen LogP contribution >= 0.6 is 15.9 Å². The maximum absolute atomic E-state index is 13.6. The summed E-state index contributed by atoms with van der Waals surface area (Å²) in [6.45, 7) is 4.46. The Morgan fingerprint density at radius 3 is 2.68 bits per heavy atom. The fourth-order valence-corrected chi connectivity index (χ4v) is 3.48. The number of aliphatic hydroxyl groups excluding tert-OH is 1. The Kier molecular flexibility index (Phi) is 5.30. The van der Waals surface area contributed by atoms with Crippen molar-refractivity contribution in [1.82, 2.24) is 14.8 Å². The molecule has 1 atom stereocenters. The molecule has 0 spiro atoms. The van der Waals surface area contributed by atoms with Crippen molar-refractivity contribution < 1.29 is 9.50 Å². The molecular formula is C19H19BrFN3O. The van der Waals surface area contributed by atoms with Crippen molar-refractivity contribution in [1.29, 1.82) is 0 Å². The molecular weight excluding hydrogens is 385 g/mol. The molecule has 0 aliphatic rings. The minimum Gasteiger partial charge on any atom is -0.389 e. The second-order valence-electron chi connectivity index (χ2n) is 5.89. The zero-order valence-corrected chi connectivity index (χ0v) is 15.7. The molecule has 0 saturated heterocycles. The highest BCUT2D eigenvalue weighted by atomic mass is 79.9. The van der Waals surface area contributed by atoms with Crippen LogP contribution in [0.15, 0.2) is 47.5 Å². The molecule has 3 rings (SSSR count). The lowest BCUT2D eigenvalue weighted by molar-refractivity contribution is 0.199. The standard InChI is InChI=1S/C19H19BrFN3O/c1-3-24-19(20)14(10-23-24)8-13-6-7-22-11-18(13)16-5-4-15(21)9-17(16)12(2)25/h4-7,9-12,25H,3,8H2,1-2H3. The third-order valence-corrected chi connectivity index (χ3v) is 5.11. The summed E-state index contributed by atoms with van der Waals surface area (Å²) in [5.41, 5.74) is 4.33. The lowest BCUT2D eigenvalue weighted by Crippen LogP contribution is -2.00. The van der Waals surface area contributed by atoms with Gasteiger partial charge in [0.2, 0.25) is 0 Å². The molecule has 2 heterocycles. The van der Waals surface area contributed by atoms with E-state index in [1.54, 1.807) is 25.4 Å². The summed E-state index contributed by atoms with van der Waals surface area (Å²) < 4.78 is 16.5. The van der Waals surface area contributed by atoms with Gasteiger partial charge in [-0.15, -0.1) is 0 Å². The number of aliphatic hydroxyl groups is 1. The topological polar surface area (TPSA) is 50.9 Å². The van der Waals surface area contributed by atoms with Crippen molar-refractivity contribution >= 4 is 15.9 Å². The van der Waals surface area contributed by atoms with Gasteiger partial charge in [0.1, 0.15) is 10.4 Å². The Bertz CT molecular complexity index is 892. The number of benzene rings is 1. The van der Waals surface area contributed by atoms with Crippen molar-refractivity contribution in [3.05, 3.63) is 70.0 Å². The minimum atomic E-state index is -0.770. The smallest absolute Gasteiger partial charge is 0.123 e. The molecule has 0 aliphatic heterocycles. The van der Waals surface area contributed by atoms with E-state index in [1.165, 1.54) is 12.1 Å². The van der Waals surface area contributed by atoms with E-state index in [0.29, 0.717) is 12.0 Å². The molecule has 25 heavy (non-hydrogen) atoms. The van der Waals surface area contributed by atoms with Gasteiger partial charge < -0.3 is 5.11 Å². The zero-order chi connectivity index (χ0) is 18.0. The second-order valence-corrected chi connectivity index (χ2v) is 6.64. The molecule has 1 aromatic carbocycles. The van der Waals surface area contributed by atoms with Crippen molar-refractivity contribution in [2.24, 2.45) is 0 Å². The van der Waals surface area contributed by atoms with Crippen molar-refractivity contribution in [3.63, 3.8) is 0 Å². The number of aromatic nitrogens is 3. The first-order chi connectivity index (χ1) is 12.0. The van der Waals surface area contributed by atoms with Crippen LogP contribution in [0.3, 0.4) is 0 Å². The molecule has 0 radical (unpaired) electrons. The van der Waals surface area contributed by atoms with Crippen LogP contribution in [-0.4, -0.2) is 19.9 Å². The minimum absolute atomic E-state index is 0.364. The summed E-state index contributed by atoms with van der Waals surface area (Å²) in [5, 5.41) is 14.4. The summed E-state index contributed by atoms with van der Waals surface area (Å²) in [5.74, 6) is -0.364.